The zero-order chi connectivity index (χ0) is 14.3. The minimum atomic E-state index is -3.51. The van der Waals surface area contributed by atoms with Gasteiger partial charge < -0.3 is 0 Å². The van der Waals surface area contributed by atoms with Crippen molar-refractivity contribution < 1.29 is 8.42 Å². The molecule has 0 spiro atoms. The van der Waals surface area contributed by atoms with Gasteiger partial charge in [-0.05, 0) is 26.7 Å². The van der Waals surface area contributed by atoms with E-state index in [2.05, 4.69) is 10.1 Å². The lowest BCUT2D eigenvalue weighted by molar-refractivity contribution is 0.419. The summed E-state index contributed by atoms with van der Waals surface area (Å²) in [6, 6.07) is 0. The predicted octanol–water partition coefficient (Wildman–Crippen LogP) is 1.97. The summed E-state index contributed by atoms with van der Waals surface area (Å²) < 4.78 is 28.8. The van der Waals surface area contributed by atoms with E-state index in [1.807, 2.05) is 6.92 Å². The lowest BCUT2D eigenvalue weighted by Crippen LogP contribution is -2.33. The van der Waals surface area contributed by atoms with E-state index in [9.17, 15) is 8.42 Å². The van der Waals surface area contributed by atoms with Crippen molar-refractivity contribution in [2.45, 2.75) is 44.6 Å². The molecule has 1 aliphatic rings. The van der Waals surface area contributed by atoms with Gasteiger partial charge in [-0.3, -0.25) is 0 Å². The Morgan fingerprint density at radius 3 is 2.40 bits per heavy atom. The molecule has 2 aromatic heterocycles. The molecular weight excluding hydrogens is 296 g/mol. The Hall–Kier alpha value is -0.990. The zero-order valence-corrected chi connectivity index (χ0v) is 13.3. The van der Waals surface area contributed by atoms with E-state index < -0.39 is 10.0 Å². The molecule has 8 heteroatoms. The molecule has 1 aliphatic heterocycles. The first-order valence-electron chi connectivity index (χ1n) is 6.83. The van der Waals surface area contributed by atoms with Crippen molar-refractivity contribution in [3.63, 3.8) is 0 Å². The fourth-order valence-electron chi connectivity index (χ4n) is 2.63. The number of imidazole rings is 1. The molecule has 110 valence electrons. The largest absolute Gasteiger partial charge is 0.262 e. The van der Waals surface area contributed by atoms with Gasteiger partial charge in [0.1, 0.15) is 5.01 Å². The van der Waals surface area contributed by atoms with Crippen molar-refractivity contribution in [2.24, 2.45) is 0 Å². The number of hydrogen-bond donors (Lipinski definition) is 0. The van der Waals surface area contributed by atoms with E-state index >= 15 is 0 Å². The molecule has 0 radical (unpaired) electrons. The summed E-state index contributed by atoms with van der Waals surface area (Å²) >= 11 is 1.41. The van der Waals surface area contributed by atoms with Crippen molar-refractivity contribution >= 4 is 26.3 Å². The quantitative estimate of drug-likeness (QED) is 0.850. The number of rotatable bonds is 2. The fraction of sp³-hybridized carbons (Fsp3) is 0.667. The van der Waals surface area contributed by atoms with E-state index in [1.54, 1.807) is 11.2 Å². The smallest absolute Gasteiger partial charge is 0.221 e. The Morgan fingerprint density at radius 2 is 1.75 bits per heavy atom. The third kappa shape index (κ3) is 2.25. The summed E-state index contributed by atoms with van der Waals surface area (Å²) in [5, 5.41) is 5.34. The maximum absolute atomic E-state index is 12.9. The SMILES string of the molecule is Cc1nn2c(S(=O)(=O)N3CCCCCC3)c(C)nc2s1. The van der Waals surface area contributed by atoms with Gasteiger partial charge in [0.2, 0.25) is 4.96 Å². The van der Waals surface area contributed by atoms with E-state index in [4.69, 9.17) is 0 Å². The first kappa shape index (κ1) is 14.0. The number of sulfonamides is 1. The van der Waals surface area contributed by atoms with Crippen LogP contribution in [0.1, 0.15) is 36.4 Å². The molecule has 0 N–H and O–H groups in total. The minimum Gasteiger partial charge on any atom is -0.221 e. The molecule has 3 heterocycles. The monoisotopic (exact) mass is 314 g/mol. The molecule has 0 aromatic carbocycles. The molecule has 1 fully saturated rings. The lowest BCUT2D eigenvalue weighted by atomic mass is 10.2. The topological polar surface area (TPSA) is 67.6 Å². The van der Waals surface area contributed by atoms with Crippen LogP contribution in [-0.4, -0.2) is 40.4 Å². The summed E-state index contributed by atoms with van der Waals surface area (Å²) in [6.07, 6.45) is 4.05. The highest BCUT2D eigenvalue weighted by Crippen LogP contribution is 2.26. The maximum atomic E-state index is 12.9. The van der Waals surface area contributed by atoms with E-state index in [1.165, 1.54) is 15.9 Å². The lowest BCUT2D eigenvalue weighted by Gasteiger charge is -2.19. The fourth-order valence-corrected chi connectivity index (χ4v) is 5.22. The van der Waals surface area contributed by atoms with Crippen LogP contribution >= 0.6 is 11.3 Å². The van der Waals surface area contributed by atoms with Crippen LogP contribution in [0, 0.1) is 13.8 Å². The van der Waals surface area contributed by atoms with Gasteiger partial charge in [0.25, 0.3) is 10.0 Å². The van der Waals surface area contributed by atoms with Crippen molar-refractivity contribution in [2.75, 3.05) is 13.1 Å². The second-order valence-electron chi connectivity index (χ2n) is 5.14. The van der Waals surface area contributed by atoms with Crippen LogP contribution in [0.2, 0.25) is 0 Å². The van der Waals surface area contributed by atoms with Gasteiger partial charge in [-0.15, -0.1) is 0 Å². The molecule has 1 saturated heterocycles. The van der Waals surface area contributed by atoms with Gasteiger partial charge in [0.15, 0.2) is 5.03 Å². The highest BCUT2D eigenvalue weighted by atomic mass is 32.2. The van der Waals surface area contributed by atoms with Gasteiger partial charge >= 0.3 is 0 Å². The third-order valence-electron chi connectivity index (χ3n) is 3.58. The summed E-state index contributed by atoms with van der Waals surface area (Å²) in [5.41, 5.74) is 0.535. The minimum absolute atomic E-state index is 0.235. The molecule has 0 bridgehead atoms. The first-order valence-corrected chi connectivity index (χ1v) is 9.09. The summed E-state index contributed by atoms with van der Waals surface area (Å²) in [4.78, 5) is 4.98. The normalized spacial score (nSPS) is 18.5. The van der Waals surface area contributed by atoms with Crippen molar-refractivity contribution in [3.05, 3.63) is 10.7 Å². The Labute approximate surface area is 122 Å². The van der Waals surface area contributed by atoms with Crippen LogP contribution in [0.4, 0.5) is 0 Å². The number of nitrogens with zero attached hydrogens (tertiary/aromatic N) is 4. The van der Waals surface area contributed by atoms with Crippen LogP contribution in [0.5, 0.6) is 0 Å². The van der Waals surface area contributed by atoms with Crippen molar-refractivity contribution in [1.82, 2.24) is 18.9 Å². The first-order chi connectivity index (χ1) is 9.50. The molecule has 2 aromatic rings. The second-order valence-corrected chi connectivity index (χ2v) is 8.15. The summed E-state index contributed by atoms with van der Waals surface area (Å²) in [5.74, 6) is 0. The Kier molecular flexibility index (Phi) is 3.55. The van der Waals surface area contributed by atoms with Crippen molar-refractivity contribution in [3.8, 4) is 0 Å². The Morgan fingerprint density at radius 1 is 1.10 bits per heavy atom. The Balaban J connectivity index is 2.10. The van der Waals surface area contributed by atoms with Crippen LogP contribution in [0.3, 0.4) is 0 Å². The van der Waals surface area contributed by atoms with E-state index in [-0.39, 0.29) is 5.03 Å². The molecule has 6 nitrogen and oxygen atoms in total. The molecule has 0 aliphatic carbocycles. The van der Waals surface area contributed by atoms with Gasteiger partial charge in [-0.1, -0.05) is 24.2 Å². The summed E-state index contributed by atoms with van der Waals surface area (Å²) in [6.45, 7) is 4.79. The van der Waals surface area contributed by atoms with Crippen LogP contribution < -0.4 is 0 Å². The predicted molar refractivity (Wildman–Crippen MR) is 77.6 cm³/mol. The van der Waals surface area contributed by atoms with Crippen LogP contribution in [0.25, 0.3) is 4.96 Å². The van der Waals surface area contributed by atoms with Crippen molar-refractivity contribution in [1.29, 1.82) is 0 Å². The van der Waals surface area contributed by atoms with Crippen LogP contribution in [0.15, 0.2) is 5.03 Å². The zero-order valence-electron chi connectivity index (χ0n) is 11.7. The van der Waals surface area contributed by atoms with Crippen LogP contribution in [-0.2, 0) is 10.0 Å². The number of hydrogen-bond acceptors (Lipinski definition) is 5. The van der Waals surface area contributed by atoms with Gasteiger partial charge in [0.05, 0.1) is 5.69 Å². The molecule has 3 rings (SSSR count). The molecular formula is C12H18N4O2S2. The number of fused-ring (bicyclic) bond motifs is 1. The third-order valence-corrected chi connectivity index (χ3v) is 6.40. The molecule has 20 heavy (non-hydrogen) atoms. The second kappa shape index (κ2) is 5.09. The van der Waals surface area contributed by atoms with Gasteiger partial charge in [-0.25, -0.2) is 13.4 Å². The molecule has 0 saturated carbocycles. The van der Waals surface area contributed by atoms with Gasteiger partial charge in [-0.2, -0.15) is 13.9 Å². The maximum Gasteiger partial charge on any atom is 0.262 e. The Bertz CT molecular complexity index is 724. The highest BCUT2D eigenvalue weighted by molar-refractivity contribution is 7.89. The molecule has 0 unspecified atom stereocenters. The number of aryl methyl sites for hydroxylation is 2. The van der Waals surface area contributed by atoms with Gasteiger partial charge in [0, 0.05) is 13.1 Å². The standard InChI is InChI=1S/C12H18N4O2S2/c1-9-11(16-12(13-9)19-10(2)14-16)20(17,18)15-7-5-3-4-6-8-15/h3-8H2,1-2H3. The highest BCUT2D eigenvalue weighted by Gasteiger charge is 2.31. The average Bonchev–Trinajstić information content (AvgIpc) is 2.75. The summed E-state index contributed by atoms with van der Waals surface area (Å²) in [7, 11) is -3.51. The number of aromatic nitrogens is 3. The molecule has 0 amide bonds. The van der Waals surface area contributed by atoms with E-state index in [0.717, 1.165) is 30.7 Å². The average molecular weight is 314 g/mol. The molecule has 0 atom stereocenters. The van der Waals surface area contributed by atoms with E-state index in [0.29, 0.717) is 23.7 Å².